The van der Waals surface area contributed by atoms with Crippen molar-refractivity contribution in [2.45, 2.75) is 25.3 Å². The third kappa shape index (κ3) is 4.04. The average molecular weight is 347 g/mol. The number of carbonyl (C=O) groups is 2. The third-order valence-corrected chi connectivity index (χ3v) is 4.52. The van der Waals surface area contributed by atoms with E-state index in [2.05, 4.69) is 10.2 Å². The summed E-state index contributed by atoms with van der Waals surface area (Å²) >= 11 is 0. The molecule has 1 saturated heterocycles. The zero-order valence-electron chi connectivity index (χ0n) is 14.8. The first-order valence-electron chi connectivity index (χ1n) is 8.69. The standard InChI is InChI=1S/C18H25N3O4/c1-20(2)9-4-8-19-17(22)14-5-3-10-21(14)18(23)13-6-7-15-16(11-13)25-12-24-15/h6-7,11,14H,3-5,8-10,12H2,1-2H3,(H,19,22)/t14-/m0/s1. The highest BCUT2D eigenvalue weighted by Crippen LogP contribution is 2.33. The predicted molar refractivity (Wildman–Crippen MR) is 92.8 cm³/mol. The number of amides is 2. The maximum Gasteiger partial charge on any atom is 0.254 e. The van der Waals surface area contributed by atoms with Crippen LogP contribution in [0.5, 0.6) is 11.5 Å². The normalized spacial score (nSPS) is 18.7. The molecule has 0 aromatic heterocycles. The van der Waals surface area contributed by atoms with Crippen LogP contribution in [0.15, 0.2) is 18.2 Å². The van der Waals surface area contributed by atoms with Gasteiger partial charge in [0.05, 0.1) is 0 Å². The quantitative estimate of drug-likeness (QED) is 0.780. The van der Waals surface area contributed by atoms with Crippen LogP contribution >= 0.6 is 0 Å². The Morgan fingerprint density at radius 2 is 2.08 bits per heavy atom. The largest absolute Gasteiger partial charge is 0.454 e. The van der Waals surface area contributed by atoms with Crippen molar-refractivity contribution < 1.29 is 19.1 Å². The molecule has 7 nitrogen and oxygen atoms in total. The van der Waals surface area contributed by atoms with Gasteiger partial charge in [-0.25, -0.2) is 0 Å². The van der Waals surface area contributed by atoms with Gasteiger partial charge in [-0.1, -0.05) is 0 Å². The smallest absolute Gasteiger partial charge is 0.254 e. The monoisotopic (exact) mass is 347 g/mol. The molecule has 25 heavy (non-hydrogen) atoms. The van der Waals surface area contributed by atoms with Crippen molar-refractivity contribution in [3.63, 3.8) is 0 Å². The minimum atomic E-state index is -0.391. The average Bonchev–Trinajstić information content (AvgIpc) is 3.25. The third-order valence-electron chi connectivity index (χ3n) is 4.52. The van der Waals surface area contributed by atoms with E-state index in [4.69, 9.17) is 9.47 Å². The molecule has 1 atom stereocenters. The van der Waals surface area contributed by atoms with E-state index in [9.17, 15) is 9.59 Å². The lowest BCUT2D eigenvalue weighted by Crippen LogP contribution is -2.46. The summed E-state index contributed by atoms with van der Waals surface area (Å²) in [4.78, 5) is 29.0. The number of nitrogens with zero attached hydrogens (tertiary/aromatic N) is 2. The van der Waals surface area contributed by atoms with Gasteiger partial charge >= 0.3 is 0 Å². The number of benzene rings is 1. The lowest BCUT2D eigenvalue weighted by Gasteiger charge is -2.24. The summed E-state index contributed by atoms with van der Waals surface area (Å²) in [6.45, 7) is 2.32. The van der Waals surface area contributed by atoms with Gasteiger partial charge in [-0.15, -0.1) is 0 Å². The molecule has 1 N–H and O–H groups in total. The lowest BCUT2D eigenvalue weighted by molar-refractivity contribution is -0.124. The van der Waals surface area contributed by atoms with Crippen molar-refractivity contribution in [2.24, 2.45) is 0 Å². The first-order valence-corrected chi connectivity index (χ1v) is 8.69. The molecule has 7 heteroatoms. The molecule has 3 rings (SSSR count). The van der Waals surface area contributed by atoms with Crippen LogP contribution in [0.2, 0.25) is 0 Å². The molecule has 2 aliphatic heterocycles. The number of hydrogen-bond acceptors (Lipinski definition) is 5. The van der Waals surface area contributed by atoms with Gasteiger partial charge in [0.1, 0.15) is 6.04 Å². The number of nitrogens with one attached hydrogen (secondary N) is 1. The van der Waals surface area contributed by atoms with Crippen LogP contribution in [0, 0.1) is 0 Å². The molecular formula is C18H25N3O4. The maximum absolute atomic E-state index is 12.8. The zero-order valence-corrected chi connectivity index (χ0v) is 14.8. The summed E-state index contributed by atoms with van der Waals surface area (Å²) < 4.78 is 10.6. The van der Waals surface area contributed by atoms with E-state index in [1.807, 2.05) is 14.1 Å². The van der Waals surface area contributed by atoms with E-state index < -0.39 is 6.04 Å². The molecule has 136 valence electrons. The van der Waals surface area contributed by atoms with Crippen LogP contribution in [0.4, 0.5) is 0 Å². The number of fused-ring (bicyclic) bond motifs is 1. The van der Waals surface area contributed by atoms with E-state index in [1.165, 1.54) is 0 Å². The van der Waals surface area contributed by atoms with Crippen LogP contribution in [0.25, 0.3) is 0 Å². The molecule has 1 aromatic rings. The maximum atomic E-state index is 12.8. The van der Waals surface area contributed by atoms with E-state index in [-0.39, 0.29) is 18.6 Å². The van der Waals surface area contributed by atoms with Gasteiger partial charge in [0.15, 0.2) is 11.5 Å². The van der Waals surface area contributed by atoms with Crippen LogP contribution in [-0.2, 0) is 4.79 Å². The number of likely N-dealkylation sites (tertiary alicyclic amines) is 1. The summed E-state index contributed by atoms with van der Waals surface area (Å²) in [5, 5.41) is 2.95. The molecule has 2 aliphatic rings. The van der Waals surface area contributed by atoms with E-state index in [1.54, 1.807) is 23.1 Å². The second-order valence-corrected chi connectivity index (χ2v) is 6.67. The van der Waals surface area contributed by atoms with Crippen LogP contribution in [0.1, 0.15) is 29.6 Å². The second-order valence-electron chi connectivity index (χ2n) is 6.67. The summed E-state index contributed by atoms with van der Waals surface area (Å²) in [6.07, 6.45) is 2.43. The molecule has 0 saturated carbocycles. The molecule has 1 fully saturated rings. The van der Waals surface area contributed by atoms with Gasteiger partial charge in [0, 0.05) is 18.7 Å². The molecular weight excluding hydrogens is 322 g/mol. The molecule has 0 radical (unpaired) electrons. The first kappa shape index (κ1) is 17.5. The minimum absolute atomic E-state index is 0.0645. The number of carbonyl (C=O) groups excluding carboxylic acids is 2. The highest BCUT2D eigenvalue weighted by molar-refractivity contribution is 5.98. The van der Waals surface area contributed by atoms with E-state index >= 15 is 0 Å². The van der Waals surface area contributed by atoms with Crippen LogP contribution < -0.4 is 14.8 Å². The molecule has 0 unspecified atom stereocenters. The van der Waals surface area contributed by atoms with Gasteiger partial charge in [0.25, 0.3) is 5.91 Å². The highest BCUT2D eigenvalue weighted by Gasteiger charge is 2.34. The highest BCUT2D eigenvalue weighted by atomic mass is 16.7. The topological polar surface area (TPSA) is 71.1 Å². The fourth-order valence-corrected chi connectivity index (χ4v) is 3.20. The summed E-state index contributed by atoms with van der Waals surface area (Å²) in [5.74, 6) is 1.03. The Morgan fingerprint density at radius 3 is 2.88 bits per heavy atom. The van der Waals surface area contributed by atoms with Crippen molar-refractivity contribution in [3.8, 4) is 11.5 Å². The number of hydrogen-bond donors (Lipinski definition) is 1. The summed E-state index contributed by atoms with van der Waals surface area (Å²) in [6, 6.07) is 4.76. The molecule has 0 aliphatic carbocycles. The van der Waals surface area contributed by atoms with Crippen molar-refractivity contribution in [2.75, 3.05) is 40.5 Å². The van der Waals surface area contributed by atoms with Crippen molar-refractivity contribution in [1.29, 1.82) is 0 Å². The van der Waals surface area contributed by atoms with E-state index in [0.717, 1.165) is 19.4 Å². The Balaban J connectivity index is 1.60. The Morgan fingerprint density at radius 1 is 1.28 bits per heavy atom. The SMILES string of the molecule is CN(C)CCCNC(=O)[C@@H]1CCCN1C(=O)c1ccc2c(c1)OCO2. The van der Waals surface area contributed by atoms with Gasteiger partial charge < -0.3 is 24.6 Å². The Hall–Kier alpha value is -2.28. The number of rotatable bonds is 6. The Kier molecular flexibility index (Phi) is 5.43. The van der Waals surface area contributed by atoms with Crippen molar-refractivity contribution in [3.05, 3.63) is 23.8 Å². The van der Waals surface area contributed by atoms with Crippen molar-refractivity contribution in [1.82, 2.24) is 15.1 Å². The summed E-state index contributed by atoms with van der Waals surface area (Å²) in [7, 11) is 4.01. The predicted octanol–water partition coefficient (Wildman–Crippen LogP) is 1.09. The van der Waals surface area contributed by atoms with Crippen LogP contribution in [-0.4, -0.2) is 68.2 Å². The number of ether oxygens (including phenoxy) is 2. The second kappa shape index (κ2) is 7.74. The fraction of sp³-hybridized carbons (Fsp3) is 0.556. The van der Waals surface area contributed by atoms with Gasteiger partial charge in [-0.05, 0) is 58.1 Å². The van der Waals surface area contributed by atoms with Gasteiger partial charge in [0.2, 0.25) is 12.7 Å². The Labute approximate surface area is 147 Å². The molecule has 2 amide bonds. The molecule has 0 spiro atoms. The zero-order chi connectivity index (χ0) is 17.8. The van der Waals surface area contributed by atoms with E-state index in [0.29, 0.717) is 36.6 Å². The molecule has 2 heterocycles. The Bertz CT molecular complexity index is 647. The summed E-state index contributed by atoms with van der Waals surface area (Å²) in [5.41, 5.74) is 0.525. The van der Waals surface area contributed by atoms with Crippen molar-refractivity contribution >= 4 is 11.8 Å². The lowest BCUT2D eigenvalue weighted by atomic mass is 10.1. The minimum Gasteiger partial charge on any atom is -0.454 e. The van der Waals surface area contributed by atoms with Gasteiger partial charge in [-0.3, -0.25) is 9.59 Å². The first-order chi connectivity index (χ1) is 12.1. The molecule has 1 aromatic carbocycles. The fourth-order valence-electron chi connectivity index (χ4n) is 3.20. The molecule has 0 bridgehead atoms. The van der Waals surface area contributed by atoms with Crippen LogP contribution in [0.3, 0.4) is 0 Å². The van der Waals surface area contributed by atoms with Gasteiger partial charge in [-0.2, -0.15) is 0 Å².